The lowest BCUT2D eigenvalue weighted by molar-refractivity contribution is -0.888. The molecule has 0 bridgehead atoms. The summed E-state index contributed by atoms with van der Waals surface area (Å²) in [6.45, 7) is 7.21. The van der Waals surface area contributed by atoms with Gasteiger partial charge in [0.25, 0.3) is 0 Å². The molecule has 0 aromatic heterocycles. The number of carbonyl (C=O) groups is 4. The van der Waals surface area contributed by atoms with Crippen LogP contribution in [0.2, 0.25) is 0 Å². The van der Waals surface area contributed by atoms with Crippen LogP contribution < -0.4 is 5.11 Å². The Hall–Kier alpha value is -4.58. The van der Waals surface area contributed by atoms with E-state index in [4.69, 9.17) is 15.3 Å². The summed E-state index contributed by atoms with van der Waals surface area (Å²) in [7, 11) is 4.70. The monoisotopic (exact) mass is 845 g/mol. The van der Waals surface area contributed by atoms with E-state index in [-0.39, 0.29) is 22.3 Å². The highest BCUT2D eigenvalue weighted by Gasteiger charge is 2.10. The van der Waals surface area contributed by atoms with E-state index in [1.54, 1.807) is 48.5 Å². The molecule has 320 valence electrons. The minimum atomic E-state index is -1.21. The fourth-order valence-corrected chi connectivity index (χ4v) is 7.45. The lowest BCUT2D eigenvalue weighted by Crippen LogP contribution is -2.39. The Morgan fingerprint density at radius 1 is 0.441 bits per heavy atom. The first-order valence-electron chi connectivity index (χ1n) is 20.7. The lowest BCUT2D eigenvalue weighted by Gasteiger charge is -2.28. The van der Waals surface area contributed by atoms with Crippen LogP contribution in [0.15, 0.2) is 117 Å². The summed E-state index contributed by atoms with van der Waals surface area (Å²) in [5.74, 6) is -4.08. The zero-order valence-electron chi connectivity index (χ0n) is 35.2. The zero-order chi connectivity index (χ0) is 43.5. The van der Waals surface area contributed by atoms with Crippen molar-refractivity contribution in [2.24, 2.45) is 0 Å². The molecule has 0 spiro atoms. The third-order valence-electron chi connectivity index (χ3n) is 9.84. The van der Waals surface area contributed by atoms with Crippen LogP contribution in [-0.2, 0) is 0 Å². The molecule has 3 N–H and O–H groups in total. The summed E-state index contributed by atoms with van der Waals surface area (Å²) in [6, 6.07) is 25.8. The highest BCUT2D eigenvalue weighted by Crippen LogP contribution is 2.29. The van der Waals surface area contributed by atoms with Crippen molar-refractivity contribution in [1.82, 2.24) is 0 Å². The van der Waals surface area contributed by atoms with Gasteiger partial charge in [-0.2, -0.15) is 0 Å². The van der Waals surface area contributed by atoms with Gasteiger partial charge in [0.2, 0.25) is 0 Å². The molecule has 59 heavy (non-hydrogen) atoms. The normalized spacial score (nSPS) is 10.8. The summed E-state index contributed by atoms with van der Waals surface area (Å²) in [4.78, 5) is 46.3. The Morgan fingerprint density at radius 2 is 0.695 bits per heavy atom. The van der Waals surface area contributed by atoms with Gasteiger partial charge in [0, 0.05) is 19.6 Å². The molecule has 4 aromatic carbocycles. The van der Waals surface area contributed by atoms with Crippen LogP contribution in [0.25, 0.3) is 0 Å². The molecule has 11 heteroatoms. The minimum Gasteiger partial charge on any atom is -0.545 e. The minimum absolute atomic E-state index is 0.130. The Labute approximate surface area is 359 Å². The average molecular weight is 846 g/mol. The first-order chi connectivity index (χ1) is 28.2. The van der Waals surface area contributed by atoms with Gasteiger partial charge in [-0.25, -0.2) is 14.4 Å². The van der Waals surface area contributed by atoms with Gasteiger partial charge in [-0.3, -0.25) is 0 Å². The molecule has 0 aliphatic rings. The maximum atomic E-state index is 10.7. The molecular weight excluding hydrogens is 783 g/mol. The van der Waals surface area contributed by atoms with E-state index < -0.39 is 23.9 Å². The molecule has 0 heterocycles. The summed E-state index contributed by atoms with van der Waals surface area (Å²) < 4.78 is 1.19. The fourth-order valence-electron chi connectivity index (χ4n) is 5.82. The molecular formula is C48H63NO8S2. The molecule has 4 aromatic rings. The van der Waals surface area contributed by atoms with Crippen LogP contribution in [-0.4, -0.2) is 70.9 Å². The second-order valence-electron chi connectivity index (χ2n) is 15.1. The van der Waals surface area contributed by atoms with Gasteiger partial charge in [0.05, 0.1) is 49.8 Å². The molecule has 0 unspecified atom stereocenters. The molecule has 9 nitrogen and oxygen atoms in total. The molecule has 4 rings (SSSR count). The van der Waals surface area contributed by atoms with Crippen molar-refractivity contribution in [1.29, 1.82) is 0 Å². The Bertz CT molecular complexity index is 1590. The maximum Gasteiger partial charge on any atom is 0.335 e. The van der Waals surface area contributed by atoms with Crippen molar-refractivity contribution >= 4 is 47.4 Å². The van der Waals surface area contributed by atoms with Crippen molar-refractivity contribution in [3.63, 3.8) is 0 Å². The number of aromatic carboxylic acids is 4. The number of rotatable bonds is 24. The molecule has 0 saturated carbocycles. The van der Waals surface area contributed by atoms with E-state index in [9.17, 15) is 24.3 Å². The Morgan fingerprint density at radius 3 is 0.932 bits per heavy atom. The highest BCUT2D eigenvalue weighted by molar-refractivity contribution is 7.99. The van der Waals surface area contributed by atoms with Gasteiger partial charge in [-0.1, -0.05) is 120 Å². The van der Waals surface area contributed by atoms with Crippen LogP contribution in [0, 0.1) is 0 Å². The quantitative estimate of drug-likeness (QED) is 0.0459. The number of benzene rings is 4. The Balaban J connectivity index is 0.000000305. The SMILES string of the molecule is CCCCCCCCCCCCCCCC[N+](C)(C)CC.O=C(O)c1ccc(Sc2ccc(C(=O)O)cc2)cc1.O=C([O-])c1ccc(Sc2ccc(C(=O)O)cc2)cc1. The number of carbonyl (C=O) groups excluding carboxylic acids is 1. The number of quaternary nitrogens is 1. The number of nitrogens with zero attached hydrogens (tertiary/aromatic N) is 1. The second-order valence-corrected chi connectivity index (χ2v) is 17.4. The van der Waals surface area contributed by atoms with Crippen molar-refractivity contribution in [3.05, 3.63) is 119 Å². The number of hydrogen-bond donors (Lipinski definition) is 3. The summed E-state index contributed by atoms with van der Waals surface area (Å²) >= 11 is 2.86. The average Bonchev–Trinajstić information content (AvgIpc) is 3.22. The van der Waals surface area contributed by atoms with E-state index in [0.29, 0.717) is 0 Å². The number of carboxylic acids is 4. The van der Waals surface area contributed by atoms with Crippen LogP contribution in [0.4, 0.5) is 0 Å². The first-order valence-corrected chi connectivity index (χ1v) is 22.4. The molecule has 0 fully saturated rings. The smallest absolute Gasteiger partial charge is 0.335 e. The molecule has 0 amide bonds. The van der Waals surface area contributed by atoms with Gasteiger partial charge < -0.3 is 29.7 Å². The van der Waals surface area contributed by atoms with Gasteiger partial charge in [-0.15, -0.1) is 0 Å². The third-order valence-corrected chi connectivity index (χ3v) is 11.9. The topological polar surface area (TPSA) is 152 Å². The molecule has 0 saturated heterocycles. The van der Waals surface area contributed by atoms with E-state index >= 15 is 0 Å². The van der Waals surface area contributed by atoms with Gasteiger partial charge in [0.1, 0.15) is 0 Å². The van der Waals surface area contributed by atoms with Crippen molar-refractivity contribution in [2.45, 2.75) is 123 Å². The molecule has 0 aliphatic heterocycles. The molecule has 0 atom stereocenters. The van der Waals surface area contributed by atoms with E-state index in [0.717, 1.165) is 19.6 Å². The number of carboxylic acid groups (broad SMARTS) is 4. The second kappa shape index (κ2) is 28.8. The summed E-state index contributed by atoms with van der Waals surface area (Å²) in [6.07, 6.45) is 20.4. The predicted molar refractivity (Wildman–Crippen MR) is 237 cm³/mol. The Kier molecular flexibility index (Phi) is 24.7. The van der Waals surface area contributed by atoms with Gasteiger partial charge in [-0.05, 0) is 110 Å². The first kappa shape index (κ1) is 50.6. The number of unbranched alkanes of at least 4 members (excludes halogenated alkanes) is 13. The highest BCUT2D eigenvalue weighted by atomic mass is 32.2. The van der Waals surface area contributed by atoms with Crippen LogP contribution in [0.3, 0.4) is 0 Å². The standard InChI is InChI=1S/C20H44N.2C14H10O4S/c1-5-7-8-9-10-11-12-13-14-15-16-17-18-19-20-21(3,4)6-2;2*15-13(16)9-1-5-11(6-2-9)19-12-7-3-10(4-8-12)14(17)18/h5-20H2,1-4H3;2*1-8H,(H,15,16)(H,17,18)/q+1;;/p-1. The molecule has 0 aliphatic carbocycles. The summed E-state index contributed by atoms with van der Waals surface area (Å²) in [5, 5.41) is 36.9. The summed E-state index contributed by atoms with van der Waals surface area (Å²) in [5.41, 5.74) is 0.846. The van der Waals surface area contributed by atoms with Crippen LogP contribution in [0.5, 0.6) is 0 Å². The van der Waals surface area contributed by atoms with Crippen LogP contribution in [0.1, 0.15) is 145 Å². The lowest BCUT2D eigenvalue weighted by atomic mass is 10.0. The van der Waals surface area contributed by atoms with E-state index in [1.807, 2.05) is 0 Å². The largest absolute Gasteiger partial charge is 0.545 e. The van der Waals surface area contributed by atoms with Gasteiger partial charge >= 0.3 is 17.9 Å². The van der Waals surface area contributed by atoms with Crippen molar-refractivity contribution in [2.75, 3.05) is 27.2 Å². The zero-order valence-corrected chi connectivity index (χ0v) is 36.8. The third kappa shape index (κ3) is 22.4. The maximum absolute atomic E-state index is 10.7. The predicted octanol–water partition coefficient (Wildman–Crippen LogP) is 11.7. The van der Waals surface area contributed by atoms with E-state index in [2.05, 4.69) is 27.9 Å². The van der Waals surface area contributed by atoms with E-state index in [1.165, 1.54) is 180 Å². The van der Waals surface area contributed by atoms with Crippen molar-refractivity contribution < 1.29 is 44.1 Å². The van der Waals surface area contributed by atoms with Crippen LogP contribution >= 0.6 is 23.5 Å². The molecule has 0 radical (unpaired) electrons. The van der Waals surface area contributed by atoms with Gasteiger partial charge in [0.15, 0.2) is 0 Å². The number of hydrogen-bond acceptors (Lipinski definition) is 7. The fraction of sp³-hybridized carbons (Fsp3) is 0.417. The van der Waals surface area contributed by atoms with Crippen molar-refractivity contribution in [3.8, 4) is 0 Å².